The van der Waals surface area contributed by atoms with E-state index >= 15 is 0 Å². The Balaban J connectivity index is 1.66. The Bertz CT molecular complexity index is 571. The van der Waals surface area contributed by atoms with Crippen LogP contribution >= 0.6 is 0 Å². The van der Waals surface area contributed by atoms with Crippen molar-refractivity contribution in [3.8, 4) is 5.75 Å². The summed E-state index contributed by atoms with van der Waals surface area (Å²) < 4.78 is 10.2. The summed E-state index contributed by atoms with van der Waals surface area (Å²) in [5, 5.41) is 18.4. The zero-order valence-electron chi connectivity index (χ0n) is 11.6. The molecular weight excluding hydrogens is 274 g/mol. The third-order valence-corrected chi connectivity index (χ3v) is 2.55. The lowest BCUT2D eigenvalue weighted by atomic mass is 10.3. The Hall–Kier alpha value is -2.54. The number of aromatic nitrogens is 1. The Kier molecular flexibility index (Phi) is 5.16. The molecule has 3 N–H and O–H groups in total. The molecule has 2 rings (SSSR count). The van der Waals surface area contributed by atoms with Crippen molar-refractivity contribution in [1.82, 2.24) is 10.5 Å². The molecule has 1 atom stereocenters. The first kappa shape index (κ1) is 14.9. The van der Waals surface area contributed by atoms with Crippen molar-refractivity contribution in [2.75, 3.05) is 18.5 Å². The van der Waals surface area contributed by atoms with Crippen LogP contribution in [0, 0.1) is 6.92 Å². The van der Waals surface area contributed by atoms with Gasteiger partial charge in [-0.2, -0.15) is 0 Å². The van der Waals surface area contributed by atoms with Crippen molar-refractivity contribution in [2.45, 2.75) is 13.0 Å². The summed E-state index contributed by atoms with van der Waals surface area (Å²) in [6.45, 7) is 1.88. The van der Waals surface area contributed by atoms with Gasteiger partial charge in [-0.1, -0.05) is 23.4 Å². The normalized spacial score (nSPS) is 11.7. The van der Waals surface area contributed by atoms with Crippen LogP contribution in [0.25, 0.3) is 0 Å². The molecule has 21 heavy (non-hydrogen) atoms. The zero-order valence-corrected chi connectivity index (χ0v) is 11.6. The molecule has 1 aromatic heterocycles. The number of hydrogen-bond donors (Lipinski definition) is 3. The fourth-order valence-corrected chi connectivity index (χ4v) is 1.56. The second-order valence-electron chi connectivity index (χ2n) is 4.44. The van der Waals surface area contributed by atoms with E-state index in [1.807, 2.05) is 18.2 Å². The van der Waals surface area contributed by atoms with Crippen LogP contribution in [0.5, 0.6) is 5.75 Å². The predicted octanol–water partition coefficient (Wildman–Crippen LogP) is 1.54. The third-order valence-electron chi connectivity index (χ3n) is 2.55. The highest BCUT2D eigenvalue weighted by Gasteiger charge is 2.09. The molecule has 0 saturated carbocycles. The van der Waals surface area contributed by atoms with Crippen LogP contribution in [0.4, 0.5) is 10.6 Å². The second-order valence-corrected chi connectivity index (χ2v) is 4.44. The van der Waals surface area contributed by atoms with E-state index in [9.17, 15) is 9.90 Å². The number of nitrogens with one attached hydrogen (secondary N) is 2. The number of urea groups is 1. The average molecular weight is 291 g/mol. The number of carbonyl (C=O) groups is 1. The minimum atomic E-state index is -0.810. The Morgan fingerprint density at radius 2 is 2.19 bits per heavy atom. The van der Waals surface area contributed by atoms with Crippen LogP contribution in [0.2, 0.25) is 0 Å². The minimum absolute atomic E-state index is 0.0650. The lowest BCUT2D eigenvalue weighted by molar-refractivity contribution is 0.108. The molecule has 7 heteroatoms. The molecule has 1 heterocycles. The second kappa shape index (κ2) is 7.30. The molecular formula is C14H17N3O4. The molecule has 112 valence electrons. The number of amides is 2. The van der Waals surface area contributed by atoms with Crippen molar-refractivity contribution in [3.63, 3.8) is 0 Å². The first-order chi connectivity index (χ1) is 10.1. The zero-order chi connectivity index (χ0) is 15.1. The first-order valence-electron chi connectivity index (χ1n) is 6.47. The van der Waals surface area contributed by atoms with E-state index in [-0.39, 0.29) is 13.2 Å². The van der Waals surface area contributed by atoms with E-state index in [0.717, 1.165) is 0 Å². The van der Waals surface area contributed by atoms with E-state index in [1.165, 1.54) is 0 Å². The van der Waals surface area contributed by atoms with E-state index < -0.39 is 12.1 Å². The molecule has 1 unspecified atom stereocenters. The van der Waals surface area contributed by atoms with Gasteiger partial charge in [0.1, 0.15) is 24.2 Å². The van der Waals surface area contributed by atoms with Gasteiger partial charge in [0.05, 0.1) is 0 Å². The monoisotopic (exact) mass is 291 g/mol. The third kappa shape index (κ3) is 5.15. The number of rotatable bonds is 6. The van der Waals surface area contributed by atoms with E-state index in [0.29, 0.717) is 17.3 Å². The molecule has 0 radical (unpaired) electrons. The largest absolute Gasteiger partial charge is 0.491 e. The first-order valence-corrected chi connectivity index (χ1v) is 6.47. The molecule has 0 saturated heterocycles. The van der Waals surface area contributed by atoms with Crippen LogP contribution in [0.15, 0.2) is 40.9 Å². The summed E-state index contributed by atoms with van der Waals surface area (Å²) in [6.07, 6.45) is -0.810. The molecule has 0 aliphatic heterocycles. The van der Waals surface area contributed by atoms with Crippen LogP contribution in [0.3, 0.4) is 0 Å². The van der Waals surface area contributed by atoms with Gasteiger partial charge in [0.25, 0.3) is 0 Å². The van der Waals surface area contributed by atoms with Gasteiger partial charge in [-0.25, -0.2) is 4.79 Å². The van der Waals surface area contributed by atoms with Gasteiger partial charge in [-0.15, -0.1) is 0 Å². The molecule has 2 aromatic rings. The molecule has 0 aliphatic rings. The molecule has 7 nitrogen and oxygen atoms in total. The predicted molar refractivity (Wildman–Crippen MR) is 76.2 cm³/mol. The van der Waals surface area contributed by atoms with Gasteiger partial charge in [0, 0.05) is 12.6 Å². The Morgan fingerprint density at radius 3 is 2.86 bits per heavy atom. The quantitative estimate of drug-likeness (QED) is 0.750. The SMILES string of the molecule is Cc1cc(NC(=O)NCC(O)COc2ccccc2)no1. The number of nitrogens with zero attached hydrogens (tertiary/aromatic N) is 1. The maximum atomic E-state index is 11.5. The average Bonchev–Trinajstić information content (AvgIpc) is 2.89. The number of aliphatic hydroxyl groups is 1. The van der Waals surface area contributed by atoms with E-state index in [1.54, 1.807) is 25.1 Å². The molecule has 0 bridgehead atoms. The number of ether oxygens (including phenoxy) is 1. The van der Waals surface area contributed by atoms with Gasteiger partial charge < -0.3 is 19.7 Å². The summed E-state index contributed by atoms with van der Waals surface area (Å²) >= 11 is 0. The van der Waals surface area contributed by atoms with Crippen molar-refractivity contribution in [3.05, 3.63) is 42.2 Å². The van der Waals surface area contributed by atoms with Crippen molar-refractivity contribution >= 4 is 11.8 Å². The molecule has 0 fully saturated rings. The van der Waals surface area contributed by atoms with E-state index in [2.05, 4.69) is 15.8 Å². The fourth-order valence-electron chi connectivity index (χ4n) is 1.56. The number of aryl methyl sites for hydroxylation is 1. The van der Waals surface area contributed by atoms with Crippen LogP contribution in [0.1, 0.15) is 5.76 Å². The van der Waals surface area contributed by atoms with Gasteiger partial charge in [0.15, 0.2) is 5.82 Å². The van der Waals surface area contributed by atoms with Gasteiger partial charge in [0.2, 0.25) is 0 Å². The fraction of sp³-hybridized carbons (Fsp3) is 0.286. The summed E-state index contributed by atoms with van der Waals surface area (Å²) in [5.41, 5.74) is 0. The molecule has 0 aliphatic carbocycles. The van der Waals surface area contributed by atoms with Crippen molar-refractivity contribution in [1.29, 1.82) is 0 Å². The van der Waals surface area contributed by atoms with Crippen LogP contribution in [-0.4, -0.2) is 35.5 Å². The Morgan fingerprint density at radius 1 is 1.43 bits per heavy atom. The van der Waals surface area contributed by atoms with E-state index in [4.69, 9.17) is 9.26 Å². The van der Waals surface area contributed by atoms with Crippen LogP contribution < -0.4 is 15.4 Å². The number of para-hydroxylation sites is 1. The van der Waals surface area contributed by atoms with Gasteiger partial charge in [-0.3, -0.25) is 5.32 Å². The topological polar surface area (TPSA) is 96.6 Å². The van der Waals surface area contributed by atoms with Crippen LogP contribution in [-0.2, 0) is 0 Å². The lowest BCUT2D eigenvalue weighted by Gasteiger charge is -2.13. The Labute approximate surface area is 121 Å². The van der Waals surface area contributed by atoms with Crippen molar-refractivity contribution < 1.29 is 19.2 Å². The summed E-state index contributed by atoms with van der Waals surface area (Å²) in [6, 6.07) is 10.3. The number of hydrogen-bond acceptors (Lipinski definition) is 5. The molecule has 0 spiro atoms. The highest BCUT2D eigenvalue weighted by atomic mass is 16.5. The smallest absolute Gasteiger partial charge is 0.320 e. The molecule has 2 amide bonds. The maximum absolute atomic E-state index is 11.5. The maximum Gasteiger partial charge on any atom is 0.320 e. The van der Waals surface area contributed by atoms with Crippen molar-refractivity contribution in [2.24, 2.45) is 0 Å². The number of carbonyl (C=O) groups excluding carboxylic acids is 1. The lowest BCUT2D eigenvalue weighted by Crippen LogP contribution is -2.37. The summed E-state index contributed by atoms with van der Waals surface area (Å²) in [5.74, 6) is 1.58. The molecule has 1 aromatic carbocycles. The minimum Gasteiger partial charge on any atom is -0.491 e. The highest BCUT2D eigenvalue weighted by Crippen LogP contribution is 2.08. The number of anilines is 1. The summed E-state index contributed by atoms with van der Waals surface area (Å²) in [7, 11) is 0. The standard InChI is InChI=1S/C14H17N3O4/c1-10-7-13(17-21-10)16-14(19)15-8-11(18)9-20-12-5-3-2-4-6-12/h2-7,11,18H,8-9H2,1H3,(H2,15,16,17,19). The highest BCUT2D eigenvalue weighted by molar-refractivity contribution is 5.88. The van der Waals surface area contributed by atoms with Gasteiger partial charge in [-0.05, 0) is 19.1 Å². The summed E-state index contributed by atoms with van der Waals surface area (Å²) in [4.78, 5) is 11.5. The number of aliphatic hydroxyl groups excluding tert-OH is 1. The van der Waals surface area contributed by atoms with Gasteiger partial charge >= 0.3 is 6.03 Å². The number of benzene rings is 1.